The van der Waals surface area contributed by atoms with E-state index in [0.29, 0.717) is 0 Å². The topological polar surface area (TPSA) is 107 Å². The number of anilines is 2. The normalized spacial score (nSPS) is 16.3. The summed E-state index contributed by atoms with van der Waals surface area (Å²) in [5, 5.41) is 21.5. The fraction of sp³-hybridized carbons (Fsp3) is 0.286. The highest BCUT2D eigenvalue weighted by molar-refractivity contribution is 6.04. The third-order valence-corrected chi connectivity index (χ3v) is 4.97. The zero-order valence-electron chi connectivity index (χ0n) is 15.7. The first-order valence-electron chi connectivity index (χ1n) is 9.07. The number of nitrogens with one attached hydrogen (secondary N) is 1. The van der Waals surface area contributed by atoms with Gasteiger partial charge in [0.05, 0.1) is 17.2 Å². The van der Waals surface area contributed by atoms with Gasteiger partial charge in [0.25, 0.3) is 0 Å². The van der Waals surface area contributed by atoms with Crippen molar-refractivity contribution in [3.05, 3.63) is 53.1 Å². The predicted octanol–water partition coefficient (Wildman–Crippen LogP) is 2.95. The smallest absolute Gasteiger partial charge is 0.335 e. The predicted molar refractivity (Wildman–Crippen MR) is 105 cm³/mol. The summed E-state index contributed by atoms with van der Waals surface area (Å²) in [7, 11) is 0. The molecule has 0 saturated carbocycles. The molecule has 7 nitrogen and oxygen atoms in total. The number of hydrogen-bond acceptors (Lipinski definition) is 4. The number of aromatic carboxylic acids is 1. The molecule has 146 valence electrons. The Balaban J connectivity index is 1.77. The van der Waals surface area contributed by atoms with Crippen LogP contribution in [0.4, 0.5) is 11.4 Å². The molecule has 0 spiro atoms. The third kappa shape index (κ3) is 3.69. The molecule has 2 aromatic carbocycles. The van der Waals surface area contributed by atoms with E-state index in [1.807, 2.05) is 32.0 Å². The molecule has 0 bridgehead atoms. The van der Waals surface area contributed by atoms with Gasteiger partial charge >= 0.3 is 5.97 Å². The lowest BCUT2D eigenvalue weighted by Crippen LogP contribution is -2.29. The number of benzene rings is 2. The molecule has 28 heavy (non-hydrogen) atoms. The van der Waals surface area contributed by atoms with Gasteiger partial charge in [-0.2, -0.15) is 0 Å². The minimum Gasteiger partial charge on any atom is -0.506 e. The first kappa shape index (κ1) is 19.4. The molecule has 1 unspecified atom stereocenters. The average molecular weight is 382 g/mol. The van der Waals surface area contributed by atoms with Crippen molar-refractivity contribution in [1.29, 1.82) is 0 Å². The Hall–Kier alpha value is -3.35. The van der Waals surface area contributed by atoms with Crippen LogP contribution >= 0.6 is 0 Å². The van der Waals surface area contributed by atoms with Gasteiger partial charge in [-0.15, -0.1) is 0 Å². The lowest BCUT2D eigenvalue weighted by atomic mass is 10.0. The van der Waals surface area contributed by atoms with Gasteiger partial charge in [-0.25, -0.2) is 4.79 Å². The van der Waals surface area contributed by atoms with Crippen LogP contribution < -0.4 is 10.2 Å². The van der Waals surface area contributed by atoms with Gasteiger partial charge in [0.1, 0.15) is 5.75 Å². The molecule has 2 aromatic rings. The van der Waals surface area contributed by atoms with Crippen LogP contribution in [0, 0.1) is 12.8 Å². The molecule has 2 amide bonds. The van der Waals surface area contributed by atoms with Gasteiger partial charge in [-0.05, 0) is 42.7 Å². The summed E-state index contributed by atoms with van der Waals surface area (Å²) >= 11 is 0. The molecule has 0 aromatic heterocycles. The number of nitrogens with zero attached hydrogens (tertiary/aromatic N) is 1. The number of phenols is 1. The Bertz CT molecular complexity index is 954. The Morgan fingerprint density at radius 1 is 1.25 bits per heavy atom. The van der Waals surface area contributed by atoms with Crippen LogP contribution in [0.3, 0.4) is 0 Å². The minimum absolute atomic E-state index is 0.0793. The van der Waals surface area contributed by atoms with Crippen molar-refractivity contribution in [2.45, 2.75) is 26.7 Å². The van der Waals surface area contributed by atoms with Gasteiger partial charge in [0.15, 0.2) is 0 Å². The molecule has 1 saturated heterocycles. The summed E-state index contributed by atoms with van der Waals surface area (Å²) in [5.74, 6) is -2.57. The molecular weight excluding hydrogens is 360 g/mol. The standard InChI is InChI=1S/C21H22N2O5/c1-3-13-6-4-5-12(2)19(13)23-11-15(10-18(23)25)20(26)22-16-8-7-14(21(27)28)9-17(16)24/h4-9,15,24H,3,10-11H2,1-2H3,(H,22,26)(H,27,28). The van der Waals surface area contributed by atoms with E-state index in [2.05, 4.69) is 5.32 Å². The Morgan fingerprint density at radius 3 is 2.64 bits per heavy atom. The van der Waals surface area contributed by atoms with Gasteiger partial charge in [-0.1, -0.05) is 25.1 Å². The van der Waals surface area contributed by atoms with Gasteiger partial charge in [-0.3, -0.25) is 9.59 Å². The molecule has 1 atom stereocenters. The molecule has 1 aliphatic rings. The van der Waals surface area contributed by atoms with Crippen molar-refractivity contribution in [3.8, 4) is 5.75 Å². The summed E-state index contributed by atoms with van der Waals surface area (Å²) in [4.78, 5) is 37.8. The Labute approximate surface area is 162 Å². The maximum atomic E-state index is 12.6. The van der Waals surface area contributed by atoms with Crippen molar-refractivity contribution in [1.82, 2.24) is 0 Å². The number of carbonyl (C=O) groups excluding carboxylic acids is 2. The first-order valence-corrected chi connectivity index (χ1v) is 9.07. The second kappa shape index (κ2) is 7.72. The zero-order valence-corrected chi connectivity index (χ0v) is 15.7. The second-order valence-electron chi connectivity index (χ2n) is 6.87. The van der Waals surface area contributed by atoms with Gasteiger partial charge < -0.3 is 20.4 Å². The van der Waals surface area contributed by atoms with Gasteiger partial charge in [0.2, 0.25) is 11.8 Å². The molecule has 3 N–H and O–H groups in total. The van der Waals surface area contributed by atoms with Crippen LogP contribution in [0.25, 0.3) is 0 Å². The summed E-state index contributed by atoms with van der Waals surface area (Å²) < 4.78 is 0. The highest BCUT2D eigenvalue weighted by Crippen LogP contribution is 2.32. The van der Waals surface area contributed by atoms with E-state index >= 15 is 0 Å². The van der Waals surface area contributed by atoms with E-state index in [9.17, 15) is 19.5 Å². The summed E-state index contributed by atoms with van der Waals surface area (Å²) in [5.41, 5.74) is 2.93. The number of rotatable bonds is 5. The largest absolute Gasteiger partial charge is 0.506 e. The number of phenolic OH excluding ortho intramolecular Hbond substituents is 1. The Morgan fingerprint density at radius 2 is 2.00 bits per heavy atom. The van der Waals surface area contributed by atoms with E-state index in [0.717, 1.165) is 29.3 Å². The molecule has 1 aliphatic heterocycles. The summed E-state index contributed by atoms with van der Waals surface area (Å²) in [6.45, 7) is 4.22. The van der Waals surface area contributed by atoms with E-state index < -0.39 is 11.9 Å². The summed E-state index contributed by atoms with van der Waals surface area (Å²) in [6, 6.07) is 9.57. The van der Waals surface area contributed by atoms with E-state index in [4.69, 9.17) is 5.11 Å². The molecule has 7 heteroatoms. The van der Waals surface area contributed by atoms with Crippen molar-refractivity contribution in [2.24, 2.45) is 5.92 Å². The van der Waals surface area contributed by atoms with E-state index in [-0.39, 0.29) is 41.8 Å². The molecule has 0 radical (unpaired) electrons. The van der Waals surface area contributed by atoms with Crippen LogP contribution in [0.1, 0.15) is 34.8 Å². The summed E-state index contributed by atoms with van der Waals surface area (Å²) in [6.07, 6.45) is 0.860. The number of aryl methyl sites for hydroxylation is 2. The molecule has 3 rings (SSSR count). The van der Waals surface area contributed by atoms with Crippen LogP contribution in [0.2, 0.25) is 0 Å². The average Bonchev–Trinajstić information content (AvgIpc) is 3.04. The van der Waals surface area contributed by atoms with Crippen molar-refractivity contribution >= 4 is 29.2 Å². The SMILES string of the molecule is CCc1cccc(C)c1N1CC(C(=O)Nc2ccc(C(=O)O)cc2O)CC1=O. The fourth-order valence-corrected chi connectivity index (χ4v) is 3.50. The molecule has 1 fully saturated rings. The quantitative estimate of drug-likeness (QED) is 0.689. The van der Waals surface area contributed by atoms with E-state index in [1.165, 1.54) is 12.1 Å². The maximum absolute atomic E-state index is 12.6. The number of amides is 2. The third-order valence-electron chi connectivity index (χ3n) is 4.97. The monoisotopic (exact) mass is 382 g/mol. The number of carbonyl (C=O) groups is 3. The second-order valence-corrected chi connectivity index (χ2v) is 6.87. The van der Waals surface area contributed by atoms with Crippen LogP contribution in [-0.2, 0) is 16.0 Å². The minimum atomic E-state index is -1.17. The van der Waals surface area contributed by atoms with Crippen molar-refractivity contribution in [3.63, 3.8) is 0 Å². The highest BCUT2D eigenvalue weighted by Gasteiger charge is 2.36. The fourth-order valence-electron chi connectivity index (χ4n) is 3.50. The van der Waals surface area contributed by atoms with Crippen LogP contribution in [-0.4, -0.2) is 34.5 Å². The van der Waals surface area contributed by atoms with Crippen molar-refractivity contribution in [2.75, 3.05) is 16.8 Å². The van der Waals surface area contributed by atoms with Crippen molar-refractivity contribution < 1.29 is 24.6 Å². The van der Waals surface area contributed by atoms with E-state index in [1.54, 1.807) is 4.90 Å². The molecule has 0 aliphatic carbocycles. The molecule has 1 heterocycles. The van der Waals surface area contributed by atoms with Crippen LogP contribution in [0.15, 0.2) is 36.4 Å². The lowest BCUT2D eigenvalue weighted by Gasteiger charge is -2.22. The molecular formula is C21H22N2O5. The number of hydrogen-bond donors (Lipinski definition) is 3. The number of aromatic hydroxyl groups is 1. The maximum Gasteiger partial charge on any atom is 0.335 e. The number of para-hydroxylation sites is 1. The number of carboxylic acid groups (broad SMARTS) is 1. The number of carboxylic acids is 1. The zero-order chi connectivity index (χ0) is 20.4. The highest BCUT2D eigenvalue weighted by atomic mass is 16.4. The first-order chi connectivity index (χ1) is 13.3. The lowest BCUT2D eigenvalue weighted by molar-refractivity contribution is -0.122. The van der Waals surface area contributed by atoms with Gasteiger partial charge in [0, 0.05) is 18.7 Å². The Kier molecular flexibility index (Phi) is 5.35. The van der Waals surface area contributed by atoms with Crippen LogP contribution in [0.5, 0.6) is 5.75 Å².